The van der Waals surface area contributed by atoms with Crippen LogP contribution in [0.2, 0.25) is 0 Å². The number of esters is 6. The maximum Gasteiger partial charge on any atom is 0.432 e. The molecule has 366 valence electrons. The van der Waals surface area contributed by atoms with Gasteiger partial charge in [0.25, 0.3) is 5.60 Å². The number of methoxy groups -OCH3 is 1. The van der Waals surface area contributed by atoms with Crippen molar-refractivity contribution in [1.82, 2.24) is 14.7 Å². The summed E-state index contributed by atoms with van der Waals surface area (Å²) < 4.78 is 83.1. The van der Waals surface area contributed by atoms with Crippen molar-refractivity contribution >= 4 is 35.8 Å². The normalized spacial score (nSPS) is 14.4. The molecule has 0 N–H and O–H groups in total. The second-order valence-electron chi connectivity index (χ2n) is 20.3. The molecule has 1 rings (SSSR count). The smallest absolute Gasteiger partial charge is 0.432 e. The number of rotatable bonds is 21. The summed E-state index contributed by atoms with van der Waals surface area (Å²) in [5.74, 6) is -5.65. The van der Waals surface area contributed by atoms with Crippen LogP contribution in [0.1, 0.15) is 109 Å². The van der Waals surface area contributed by atoms with Crippen molar-refractivity contribution in [3.8, 4) is 0 Å². The van der Waals surface area contributed by atoms with Crippen molar-refractivity contribution in [1.29, 1.82) is 0 Å². The van der Waals surface area contributed by atoms with Crippen molar-refractivity contribution in [2.75, 3.05) is 66.1 Å². The molecule has 2 atom stereocenters. The minimum Gasteiger partial charge on any atom is -0.461 e. The molecule has 0 heterocycles. The molecule has 64 heavy (non-hydrogen) atoms. The molecular formula is C45H72F3N3O13. The molecular weight excluding hydrogens is 847 g/mol. The van der Waals surface area contributed by atoms with Crippen LogP contribution in [-0.2, 0) is 67.5 Å². The van der Waals surface area contributed by atoms with Gasteiger partial charge in [0.05, 0.1) is 38.8 Å². The largest absolute Gasteiger partial charge is 0.461 e. The van der Waals surface area contributed by atoms with Gasteiger partial charge in [-0.3, -0.25) is 38.7 Å². The van der Waals surface area contributed by atoms with Gasteiger partial charge in [-0.15, -0.1) is 0 Å². The Hall–Kier alpha value is -4.33. The van der Waals surface area contributed by atoms with E-state index in [4.69, 9.17) is 33.2 Å². The Balaban J connectivity index is 3.99. The lowest BCUT2D eigenvalue weighted by Crippen LogP contribution is -2.55. The number of ether oxygens (including phenoxy) is 7. The number of hydrogen-bond donors (Lipinski definition) is 0. The molecule has 0 spiro atoms. The molecule has 0 aromatic heterocycles. The van der Waals surface area contributed by atoms with E-state index in [1.165, 1.54) is 32.9 Å². The van der Waals surface area contributed by atoms with E-state index in [0.717, 1.165) is 12.1 Å². The molecule has 1 aromatic carbocycles. The first kappa shape index (κ1) is 57.7. The molecule has 19 heteroatoms. The van der Waals surface area contributed by atoms with E-state index < -0.39 is 127 Å². The monoisotopic (exact) mass is 920 g/mol. The number of nitrogens with zero attached hydrogens (tertiary/aromatic N) is 3. The molecule has 0 unspecified atom stereocenters. The Morgan fingerprint density at radius 3 is 1.17 bits per heavy atom. The summed E-state index contributed by atoms with van der Waals surface area (Å²) in [7, 11) is 0.708. The zero-order valence-electron chi connectivity index (χ0n) is 40.6. The van der Waals surface area contributed by atoms with Gasteiger partial charge in [0.2, 0.25) is 0 Å². The minimum atomic E-state index is -5.34. The Bertz CT molecular complexity index is 1650. The van der Waals surface area contributed by atoms with Gasteiger partial charge in [-0.2, -0.15) is 13.2 Å². The van der Waals surface area contributed by atoms with Crippen LogP contribution in [0.4, 0.5) is 13.2 Å². The van der Waals surface area contributed by atoms with Crippen molar-refractivity contribution in [3.05, 3.63) is 35.9 Å². The first-order chi connectivity index (χ1) is 28.8. The minimum absolute atomic E-state index is 0.110. The van der Waals surface area contributed by atoms with Gasteiger partial charge in [-0.1, -0.05) is 30.3 Å². The van der Waals surface area contributed by atoms with E-state index in [2.05, 4.69) is 0 Å². The molecule has 1 aromatic rings. The highest BCUT2D eigenvalue weighted by molar-refractivity contribution is 5.83. The fourth-order valence-electron chi connectivity index (χ4n) is 6.03. The molecule has 0 bridgehead atoms. The maximum atomic E-state index is 15.0. The average Bonchev–Trinajstić information content (AvgIpc) is 3.04. The zero-order chi connectivity index (χ0) is 49.7. The van der Waals surface area contributed by atoms with Crippen molar-refractivity contribution in [3.63, 3.8) is 0 Å². The van der Waals surface area contributed by atoms with E-state index >= 15 is 0 Å². The number of benzene rings is 1. The quantitative estimate of drug-likeness (QED) is 0.110. The van der Waals surface area contributed by atoms with Crippen LogP contribution < -0.4 is 0 Å². The Morgan fingerprint density at radius 2 is 0.844 bits per heavy atom. The fraction of sp³-hybridized carbons (Fsp3) is 0.733. The standard InChI is InChI=1S/C45H72F3N3O13/c1-39(2,3)60-33(52)25-49(22-23-50(26-34(53)61-40(4,5)6)27-35(54)62-41(7,8)9)24-32(51(28-36(55)63-42(10,11)12)29-37(56)64-43(13,14)15)30-59-38(57)44(58-16,45(46,47)48)31-20-18-17-19-21-31/h17-21,32H,22-30H2,1-16H3/t32-,44-/m1/s1. The van der Waals surface area contributed by atoms with Gasteiger partial charge in [-0.05, 0) is 104 Å². The van der Waals surface area contributed by atoms with Crippen LogP contribution in [0, 0.1) is 0 Å². The van der Waals surface area contributed by atoms with Gasteiger partial charge in [0, 0.05) is 32.3 Å². The molecule has 0 aliphatic rings. The van der Waals surface area contributed by atoms with Gasteiger partial charge < -0.3 is 33.2 Å². The van der Waals surface area contributed by atoms with Gasteiger partial charge >= 0.3 is 42.0 Å². The summed E-state index contributed by atoms with van der Waals surface area (Å²) in [5.41, 5.74) is -8.90. The number of carbonyl (C=O) groups is 6. The number of hydrogen-bond acceptors (Lipinski definition) is 16. The van der Waals surface area contributed by atoms with E-state index in [1.54, 1.807) is 104 Å². The summed E-state index contributed by atoms with van der Waals surface area (Å²) in [6.07, 6.45) is -5.34. The lowest BCUT2D eigenvalue weighted by molar-refractivity contribution is -0.276. The van der Waals surface area contributed by atoms with E-state index in [-0.39, 0.29) is 19.6 Å². The molecule has 0 amide bonds. The number of halogens is 3. The molecule has 0 saturated carbocycles. The van der Waals surface area contributed by atoms with Gasteiger partial charge in [-0.25, -0.2) is 4.79 Å². The first-order valence-electron chi connectivity index (χ1n) is 21.0. The molecule has 0 fully saturated rings. The van der Waals surface area contributed by atoms with Gasteiger partial charge in [0.15, 0.2) is 0 Å². The van der Waals surface area contributed by atoms with Crippen LogP contribution in [0.15, 0.2) is 30.3 Å². The lowest BCUT2D eigenvalue weighted by Gasteiger charge is -2.37. The summed E-state index contributed by atoms with van der Waals surface area (Å²) in [4.78, 5) is 84.6. The van der Waals surface area contributed by atoms with E-state index in [9.17, 15) is 41.9 Å². The van der Waals surface area contributed by atoms with E-state index in [0.29, 0.717) is 7.11 Å². The highest BCUT2D eigenvalue weighted by atomic mass is 19.4. The van der Waals surface area contributed by atoms with Crippen molar-refractivity contribution in [2.24, 2.45) is 0 Å². The Kier molecular flexibility index (Phi) is 20.9. The van der Waals surface area contributed by atoms with Crippen LogP contribution >= 0.6 is 0 Å². The predicted octanol–water partition coefficient (Wildman–Crippen LogP) is 5.62. The van der Waals surface area contributed by atoms with Crippen molar-refractivity contribution < 1.29 is 75.1 Å². The second kappa shape index (κ2) is 23.2. The Morgan fingerprint density at radius 1 is 0.516 bits per heavy atom. The van der Waals surface area contributed by atoms with Crippen LogP contribution in [-0.4, -0.2) is 157 Å². The topological polar surface area (TPSA) is 177 Å². The summed E-state index contributed by atoms with van der Waals surface area (Å²) >= 11 is 0. The highest BCUT2D eigenvalue weighted by Crippen LogP contribution is 2.43. The zero-order valence-corrected chi connectivity index (χ0v) is 40.6. The molecule has 0 aliphatic carbocycles. The molecule has 0 saturated heterocycles. The molecule has 16 nitrogen and oxygen atoms in total. The SMILES string of the molecule is CO[C@@](C(=O)OC[C@@H](CN(CCN(CC(=O)OC(C)(C)C)CC(=O)OC(C)(C)C)CC(=O)OC(C)(C)C)N(CC(=O)OC(C)(C)C)CC(=O)OC(C)(C)C)(c1ccccc1)C(F)(F)F. The third-order valence-electron chi connectivity index (χ3n) is 8.12. The number of carbonyl (C=O) groups excluding carboxylic acids is 6. The maximum absolute atomic E-state index is 15.0. The lowest BCUT2D eigenvalue weighted by atomic mass is 9.92. The summed E-state index contributed by atoms with van der Waals surface area (Å²) in [6, 6.07) is 4.78. The third kappa shape index (κ3) is 22.5. The Labute approximate surface area is 376 Å². The van der Waals surface area contributed by atoms with Crippen molar-refractivity contribution in [2.45, 2.75) is 150 Å². The van der Waals surface area contributed by atoms with Crippen LogP contribution in [0.3, 0.4) is 0 Å². The molecule has 0 radical (unpaired) electrons. The van der Waals surface area contributed by atoms with Crippen LogP contribution in [0.5, 0.6) is 0 Å². The predicted molar refractivity (Wildman–Crippen MR) is 230 cm³/mol. The highest BCUT2D eigenvalue weighted by Gasteiger charge is 2.64. The number of alkyl halides is 3. The van der Waals surface area contributed by atoms with E-state index in [1.807, 2.05) is 0 Å². The average molecular weight is 920 g/mol. The third-order valence-corrected chi connectivity index (χ3v) is 8.12. The second-order valence-corrected chi connectivity index (χ2v) is 20.3. The first-order valence-corrected chi connectivity index (χ1v) is 21.0. The fourth-order valence-corrected chi connectivity index (χ4v) is 6.03. The van der Waals surface area contributed by atoms with Gasteiger partial charge in [0.1, 0.15) is 34.6 Å². The summed E-state index contributed by atoms with van der Waals surface area (Å²) in [5, 5.41) is 0. The summed E-state index contributed by atoms with van der Waals surface area (Å²) in [6.45, 7) is 20.5. The van der Waals surface area contributed by atoms with Crippen LogP contribution in [0.25, 0.3) is 0 Å². The molecule has 0 aliphatic heterocycles.